The molecule has 0 aliphatic rings. The van der Waals surface area contributed by atoms with Gasteiger partial charge in [0.05, 0.1) is 12.7 Å². The number of ether oxygens (including phenoxy) is 1. The van der Waals surface area contributed by atoms with Crippen molar-refractivity contribution in [3.05, 3.63) is 29.8 Å². The van der Waals surface area contributed by atoms with Crippen molar-refractivity contribution < 1.29 is 19.7 Å². The number of ketones is 1. The van der Waals surface area contributed by atoms with Crippen molar-refractivity contribution in [3.63, 3.8) is 0 Å². The van der Waals surface area contributed by atoms with E-state index in [-0.39, 0.29) is 22.9 Å². The van der Waals surface area contributed by atoms with E-state index in [9.17, 15) is 15.0 Å². The van der Waals surface area contributed by atoms with Crippen LogP contribution < -0.4 is 4.74 Å². The van der Waals surface area contributed by atoms with Crippen molar-refractivity contribution in [1.29, 1.82) is 0 Å². The molecular formula is C11H12O4. The summed E-state index contributed by atoms with van der Waals surface area (Å²) in [6, 6.07) is 4.39. The maximum Gasteiger partial charge on any atom is 0.156 e. The quantitative estimate of drug-likeness (QED) is 0.588. The van der Waals surface area contributed by atoms with Crippen molar-refractivity contribution in [3.8, 4) is 11.5 Å². The van der Waals surface area contributed by atoms with Gasteiger partial charge in [0.1, 0.15) is 17.3 Å². The van der Waals surface area contributed by atoms with Crippen LogP contribution >= 0.6 is 0 Å². The first-order valence-electron chi connectivity index (χ1n) is 4.33. The van der Waals surface area contributed by atoms with E-state index in [0.717, 1.165) is 6.08 Å². The standard InChI is InChI=1S/C11H12O4/c1-7(12)5-11(14)9-6-8(15-2)3-4-10(9)13/h3-6,13-14H,1-2H3. The number of rotatable bonds is 3. The number of carbonyl (C=O) groups is 1. The Bertz CT molecular complexity index is 407. The molecule has 0 unspecified atom stereocenters. The van der Waals surface area contributed by atoms with Crippen LogP contribution in [0.5, 0.6) is 11.5 Å². The predicted molar refractivity (Wildman–Crippen MR) is 55.9 cm³/mol. The van der Waals surface area contributed by atoms with Gasteiger partial charge in [0.15, 0.2) is 5.78 Å². The molecule has 0 spiro atoms. The summed E-state index contributed by atoms with van der Waals surface area (Å²) in [5.41, 5.74) is 0.171. The number of phenols is 1. The van der Waals surface area contributed by atoms with E-state index in [0.29, 0.717) is 5.75 Å². The molecule has 1 aromatic rings. The largest absolute Gasteiger partial charge is 0.507 e. The predicted octanol–water partition coefficient (Wildman–Crippen LogP) is 1.89. The number of methoxy groups -OCH3 is 1. The van der Waals surface area contributed by atoms with Gasteiger partial charge in [-0.05, 0) is 25.1 Å². The lowest BCUT2D eigenvalue weighted by Gasteiger charge is -2.05. The Morgan fingerprint density at radius 3 is 2.67 bits per heavy atom. The molecule has 0 heterocycles. The minimum Gasteiger partial charge on any atom is -0.507 e. The van der Waals surface area contributed by atoms with Crippen LogP contribution in [0.4, 0.5) is 0 Å². The Morgan fingerprint density at radius 1 is 1.47 bits per heavy atom. The van der Waals surface area contributed by atoms with Crippen molar-refractivity contribution in [1.82, 2.24) is 0 Å². The molecular weight excluding hydrogens is 196 g/mol. The van der Waals surface area contributed by atoms with Gasteiger partial charge < -0.3 is 14.9 Å². The summed E-state index contributed by atoms with van der Waals surface area (Å²) in [6.45, 7) is 1.31. The van der Waals surface area contributed by atoms with Crippen LogP contribution in [0.1, 0.15) is 12.5 Å². The van der Waals surface area contributed by atoms with Crippen molar-refractivity contribution in [2.45, 2.75) is 6.92 Å². The van der Waals surface area contributed by atoms with E-state index in [1.54, 1.807) is 6.07 Å². The summed E-state index contributed by atoms with van der Waals surface area (Å²) >= 11 is 0. The number of hydrogen-bond acceptors (Lipinski definition) is 4. The minimum absolute atomic E-state index is 0.106. The van der Waals surface area contributed by atoms with Crippen LogP contribution in [0.15, 0.2) is 24.3 Å². The zero-order valence-electron chi connectivity index (χ0n) is 8.52. The van der Waals surface area contributed by atoms with Crippen LogP contribution in [-0.4, -0.2) is 23.1 Å². The fourth-order valence-corrected chi connectivity index (χ4v) is 1.12. The molecule has 4 heteroatoms. The summed E-state index contributed by atoms with van der Waals surface area (Å²) in [5.74, 6) is -0.189. The van der Waals surface area contributed by atoms with Gasteiger partial charge in [-0.15, -0.1) is 0 Å². The highest BCUT2D eigenvalue weighted by Gasteiger charge is 2.08. The lowest BCUT2D eigenvalue weighted by atomic mass is 10.1. The van der Waals surface area contributed by atoms with Crippen molar-refractivity contribution in [2.24, 2.45) is 0 Å². The third-order valence-corrected chi connectivity index (χ3v) is 1.82. The molecule has 0 saturated heterocycles. The first kappa shape index (κ1) is 11.1. The molecule has 0 aromatic heterocycles. The van der Waals surface area contributed by atoms with Gasteiger partial charge in [0.2, 0.25) is 0 Å². The van der Waals surface area contributed by atoms with Crippen molar-refractivity contribution in [2.75, 3.05) is 7.11 Å². The molecule has 1 aromatic carbocycles. The zero-order valence-corrected chi connectivity index (χ0v) is 8.52. The van der Waals surface area contributed by atoms with Crippen molar-refractivity contribution >= 4 is 11.5 Å². The molecule has 2 N–H and O–H groups in total. The topological polar surface area (TPSA) is 66.8 Å². The zero-order chi connectivity index (χ0) is 11.4. The first-order valence-corrected chi connectivity index (χ1v) is 4.33. The number of aliphatic hydroxyl groups is 1. The van der Waals surface area contributed by atoms with E-state index >= 15 is 0 Å². The van der Waals surface area contributed by atoms with E-state index in [2.05, 4.69) is 0 Å². The molecule has 0 atom stereocenters. The molecule has 0 amide bonds. The summed E-state index contributed by atoms with van der Waals surface area (Å²) in [6.07, 6.45) is 1.04. The number of aliphatic hydroxyl groups excluding tert-OH is 1. The van der Waals surface area contributed by atoms with Gasteiger partial charge >= 0.3 is 0 Å². The Morgan fingerprint density at radius 2 is 2.13 bits per heavy atom. The van der Waals surface area contributed by atoms with Crippen LogP contribution in [-0.2, 0) is 4.79 Å². The molecule has 0 aliphatic heterocycles. The Labute approximate surface area is 87.4 Å². The van der Waals surface area contributed by atoms with Crippen LogP contribution in [0.2, 0.25) is 0 Å². The number of hydrogen-bond donors (Lipinski definition) is 2. The number of phenolic OH excluding ortho intramolecular Hbond substituents is 1. The van der Waals surface area contributed by atoms with Gasteiger partial charge in [-0.25, -0.2) is 0 Å². The molecule has 0 radical (unpaired) electrons. The fourth-order valence-electron chi connectivity index (χ4n) is 1.12. The summed E-state index contributed by atoms with van der Waals surface area (Å²) < 4.78 is 4.93. The summed E-state index contributed by atoms with van der Waals surface area (Å²) in [7, 11) is 1.47. The second kappa shape index (κ2) is 4.50. The molecule has 0 aliphatic carbocycles. The lowest BCUT2D eigenvalue weighted by Crippen LogP contribution is -1.91. The lowest BCUT2D eigenvalue weighted by molar-refractivity contribution is -0.112. The normalized spacial score (nSPS) is 11.2. The molecule has 0 bridgehead atoms. The molecule has 80 valence electrons. The maximum absolute atomic E-state index is 10.7. The average molecular weight is 208 g/mol. The molecule has 4 nitrogen and oxygen atoms in total. The summed E-state index contributed by atoms with van der Waals surface area (Å²) in [4.78, 5) is 10.7. The Kier molecular flexibility index (Phi) is 3.33. The molecule has 15 heavy (non-hydrogen) atoms. The second-order valence-corrected chi connectivity index (χ2v) is 3.02. The van der Waals surface area contributed by atoms with Gasteiger partial charge in [0.25, 0.3) is 0 Å². The van der Waals surface area contributed by atoms with Gasteiger partial charge in [-0.1, -0.05) is 0 Å². The number of carbonyl (C=O) groups excluding carboxylic acids is 1. The molecule has 0 fully saturated rings. The third kappa shape index (κ3) is 2.74. The van der Waals surface area contributed by atoms with E-state index in [4.69, 9.17) is 4.74 Å². The van der Waals surface area contributed by atoms with E-state index < -0.39 is 0 Å². The van der Waals surface area contributed by atoms with Gasteiger partial charge in [0, 0.05) is 6.08 Å². The third-order valence-electron chi connectivity index (χ3n) is 1.82. The smallest absolute Gasteiger partial charge is 0.156 e. The van der Waals surface area contributed by atoms with Gasteiger partial charge in [-0.3, -0.25) is 4.79 Å². The second-order valence-electron chi connectivity index (χ2n) is 3.02. The summed E-state index contributed by atoms with van der Waals surface area (Å²) in [5, 5.41) is 19.0. The molecule has 0 saturated carbocycles. The first-order chi connectivity index (χ1) is 7.04. The SMILES string of the molecule is COc1ccc(O)c(C(O)=CC(C)=O)c1. The monoisotopic (exact) mass is 208 g/mol. The van der Waals surface area contributed by atoms with E-state index in [1.165, 1.54) is 26.2 Å². The van der Waals surface area contributed by atoms with E-state index in [1.807, 2.05) is 0 Å². The Hall–Kier alpha value is -1.97. The molecule has 1 rings (SSSR count). The number of aromatic hydroxyl groups is 1. The Balaban J connectivity index is 3.17. The highest BCUT2D eigenvalue weighted by atomic mass is 16.5. The number of allylic oxidation sites excluding steroid dienone is 1. The van der Waals surface area contributed by atoms with Gasteiger partial charge in [-0.2, -0.15) is 0 Å². The fraction of sp³-hybridized carbons (Fsp3) is 0.182. The average Bonchev–Trinajstić information content (AvgIpc) is 2.17. The highest BCUT2D eigenvalue weighted by molar-refractivity contribution is 5.94. The maximum atomic E-state index is 10.7. The highest BCUT2D eigenvalue weighted by Crippen LogP contribution is 2.27. The minimum atomic E-state index is -0.297. The van der Waals surface area contributed by atoms with Crippen LogP contribution in [0, 0.1) is 0 Å². The van der Waals surface area contributed by atoms with Crippen LogP contribution in [0.25, 0.3) is 5.76 Å². The number of benzene rings is 1. The van der Waals surface area contributed by atoms with Crippen LogP contribution in [0.3, 0.4) is 0 Å².